The van der Waals surface area contributed by atoms with Crippen LogP contribution in [0, 0.1) is 0 Å². The van der Waals surface area contributed by atoms with Gasteiger partial charge in [0.1, 0.15) is 5.58 Å². The number of pyridine rings is 1. The van der Waals surface area contributed by atoms with E-state index < -0.39 is 5.91 Å². The molecule has 3 aromatic rings. The van der Waals surface area contributed by atoms with Crippen LogP contribution < -0.4 is 15.5 Å². The van der Waals surface area contributed by atoms with Crippen molar-refractivity contribution in [1.82, 2.24) is 10.3 Å². The molecule has 0 saturated carbocycles. The molecule has 0 saturated heterocycles. The monoisotopic (exact) mass is 324 g/mol. The van der Waals surface area contributed by atoms with E-state index in [2.05, 4.69) is 10.3 Å². The molecule has 1 N–H and O–H groups in total. The van der Waals surface area contributed by atoms with Gasteiger partial charge < -0.3 is 14.5 Å². The lowest BCUT2D eigenvalue weighted by atomic mass is 10.2. The van der Waals surface area contributed by atoms with Gasteiger partial charge in [-0.3, -0.25) is 9.59 Å². The SMILES string of the molecule is CCOc1cc(CNC(=O)c2cc(=O)c3ccccc3o2)ccn1. The van der Waals surface area contributed by atoms with Crippen LogP contribution in [0.25, 0.3) is 11.0 Å². The highest BCUT2D eigenvalue weighted by molar-refractivity contribution is 5.93. The topological polar surface area (TPSA) is 81.4 Å². The Morgan fingerprint density at radius 1 is 1.25 bits per heavy atom. The summed E-state index contributed by atoms with van der Waals surface area (Å²) in [6, 6.07) is 11.5. The first-order valence-electron chi connectivity index (χ1n) is 7.56. The number of para-hydroxylation sites is 1. The Balaban J connectivity index is 1.76. The molecular formula is C18H16N2O4. The molecule has 6 heteroatoms. The minimum absolute atomic E-state index is 0.0159. The number of ether oxygens (including phenoxy) is 1. The quantitative estimate of drug-likeness (QED) is 0.780. The third kappa shape index (κ3) is 3.43. The average Bonchev–Trinajstić information content (AvgIpc) is 2.60. The van der Waals surface area contributed by atoms with Crippen LogP contribution in [-0.2, 0) is 6.54 Å². The first kappa shape index (κ1) is 15.7. The molecule has 1 aromatic carbocycles. The van der Waals surface area contributed by atoms with Crippen LogP contribution >= 0.6 is 0 Å². The normalized spacial score (nSPS) is 10.5. The Morgan fingerprint density at radius 3 is 2.92 bits per heavy atom. The van der Waals surface area contributed by atoms with Crippen LogP contribution in [0.5, 0.6) is 5.88 Å². The van der Waals surface area contributed by atoms with E-state index in [0.717, 1.165) is 5.56 Å². The first-order valence-corrected chi connectivity index (χ1v) is 7.56. The van der Waals surface area contributed by atoms with Crippen LogP contribution in [0.4, 0.5) is 0 Å². The number of nitrogens with one attached hydrogen (secondary N) is 1. The Morgan fingerprint density at radius 2 is 2.08 bits per heavy atom. The second-order valence-corrected chi connectivity index (χ2v) is 5.09. The maximum Gasteiger partial charge on any atom is 0.287 e. The van der Waals surface area contributed by atoms with Crippen LogP contribution in [-0.4, -0.2) is 17.5 Å². The van der Waals surface area contributed by atoms with E-state index in [9.17, 15) is 9.59 Å². The Bertz CT molecular complexity index is 933. The van der Waals surface area contributed by atoms with Crippen molar-refractivity contribution < 1.29 is 13.9 Å². The highest BCUT2D eigenvalue weighted by Crippen LogP contribution is 2.12. The molecule has 122 valence electrons. The van der Waals surface area contributed by atoms with Crippen molar-refractivity contribution in [2.45, 2.75) is 13.5 Å². The molecular weight excluding hydrogens is 308 g/mol. The number of fused-ring (bicyclic) bond motifs is 1. The Hall–Kier alpha value is -3.15. The van der Waals surface area contributed by atoms with Crippen LogP contribution in [0.3, 0.4) is 0 Å². The van der Waals surface area contributed by atoms with Crippen molar-refractivity contribution in [3.05, 3.63) is 70.2 Å². The summed E-state index contributed by atoms with van der Waals surface area (Å²) in [4.78, 5) is 28.3. The molecule has 0 aliphatic heterocycles. The Labute approximate surface area is 138 Å². The number of benzene rings is 1. The van der Waals surface area contributed by atoms with E-state index in [4.69, 9.17) is 9.15 Å². The second kappa shape index (κ2) is 6.95. The van der Waals surface area contributed by atoms with Crippen LogP contribution in [0.1, 0.15) is 23.0 Å². The van der Waals surface area contributed by atoms with Gasteiger partial charge in [0, 0.05) is 24.9 Å². The fraction of sp³-hybridized carbons (Fsp3) is 0.167. The van der Waals surface area contributed by atoms with Crippen molar-refractivity contribution in [2.75, 3.05) is 6.61 Å². The molecule has 0 fully saturated rings. The molecule has 24 heavy (non-hydrogen) atoms. The van der Waals surface area contributed by atoms with Crippen LogP contribution in [0.15, 0.2) is 57.9 Å². The van der Waals surface area contributed by atoms with Gasteiger partial charge in [0.15, 0.2) is 11.2 Å². The van der Waals surface area contributed by atoms with Gasteiger partial charge in [-0.2, -0.15) is 0 Å². The fourth-order valence-electron chi connectivity index (χ4n) is 2.27. The number of nitrogens with zero attached hydrogens (tertiary/aromatic N) is 1. The van der Waals surface area contributed by atoms with Gasteiger partial charge in [-0.05, 0) is 30.7 Å². The van der Waals surface area contributed by atoms with Gasteiger partial charge in [-0.15, -0.1) is 0 Å². The van der Waals surface area contributed by atoms with Crippen molar-refractivity contribution in [3.63, 3.8) is 0 Å². The minimum Gasteiger partial charge on any atom is -0.478 e. The van der Waals surface area contributed by atoms with Gasteiger partial charge in [-0.1, -0.05) is 12.1 Å². The standard InChI is InChI=1S/C18H16N2O4/c1-2-23-17-9-12(7-8-19-17)11-20-18(22)16-10-14(21)13-5-3-4-6-15(13)24-16/h3-10H,2,11H2,1H3,(H,20,22). The maximum atomic E-state index is 12.2. The zero-order valence-electron chi connectivity index (χ0n) is 13.1. The molecule has 3 rings (SSSR count). The van der Waals surface area contributed by atoms with Gasteiger partial charge in [0.2, 0.25) is 5.88 Å². The van der Waals surface area contributed by atoms with Gasteiger partial charge >= 0.3 is 0 Å². The van der Waals surface area contributed by atoms with E-state index in [1.165, 1.54) is 6.07 Å². The second-order valence-electron chi connectivity index (χ2n) is 5.09. The molecule has 0 unspecified atom stereocenters. The molecule has 6 nitrogen and oxygen atoms in total. The number of rotatable bonds is 5. The zero-order chi connectivity index (χ0) is 16.9. The van der Waals surface area contributed by atoms with Crippen LogP contribution in [0.2, 0.25) is 0 Å². The molecule has 0 aliphatic carbocycles. The molecule has 1 amide bonds. The van der Waals surface area contributed by atoms with Crippen molar-refractivity contribution in [1.29, 1.82) is 0 Å². The zero-order valence-corrected chi connectivity index (χ0v) is 13.1. The molecule has 0 aliphatic rings. The molecule has 0 radical (unpaired) electrons. The summed E-state index contributed by atoms with van der Waals surface area (Å²) in [5.74, 6) is 0.0342. The summed E-state index contributed by atoms with van der Waals surface area (Å²) in [7, 11) is 0. The summed E-state index contributed by atoms with van der Waals surface area (Å²) in [5, 5.41) is 3.17. The Kier molecular flexibility index (Phi) is 4.56. The third-order valence-electron chi connectivity index (χ3n) is 3.40. The van der Waals surface area contributed by atoms with E-state index >= 15 is 0 Å². The lowest BCUT2D eigenvalue weighted by Gasteiger charge is -2.07. The van der Waals surface area contributed by atoms with Crippen molar-refractivity contribution in [3.8, 4) is 5.88 Å². The van der Waals surface area contributed by atoms with Gasteiger partial charge in [-0.25, -0.2) is 4.98 Å². The first-order chi connectivity index (χ1) is 11.7. The smallest absolute Gasteiger partial charge is 0.287 e. The lowest BCUT2D eigenvalue weighted by molar-refractivity contribution is 0.0923. The fourth-order valence-corrected chi connectivity index (χ4v) is 2.27. The van der Waals surface area contributed by atoms with E-state index in [1.54, 1.807) is 42.6 Å². The van der Waals surface area contributed by atoms with Gasteiger partial charge in [0.25, 0.3) is 5.91 Å². The minimum atomic E-state index is -0.451. The summed E-state index contributed by atoms with van der Waals surface area (Å²) in [6.07, 6.45) is 1.61. The predicted octanol–water partition coefficient (Wildman–Crippen LogP) is 2.52. The van der Waals surface area contributed by atoms with E-state index in [-0.39, 0.29) is 17.7 Å². The number of aromatic nitrogens is 1. The summed E-state index contributed by atoms with van der Waals surface area (Å²) in [6.45, 7) is 2.67. The number of hydrogen-bond acceptors (Lipinski definition) is 5. The molecule has 2 heterocycles. The third-order valence-corrected chi connectivity index (χ3v) is 3.40. The number of carbonyl (C=O) groups excluding carboxylic acids is 1. The maximum absolute atomic E-state index is 12.2. The lowest BCUT2D eigenvalue weighted by Crippen LogP contribution is -2.24. The number of hydrogen-bond donors (Lipinski definition) is 1. The highest BCUT2D eigenvalue weighted by atomic mass is 16.5. The summed E-state index contributed by atoms with van der Waals surface area (Å²) in [5.41, 5.74) is 0.979. The van der Waals surface area contributed by atoms with E-state index in [1.807, 2.05) is 6.92 Å². The summed E-state index contributed by atoms with van der Waals surface area (Å²) < 4.78 is 10.8. The highest BCUT2D eigenvalue weighted by Gasteiger charge is 2.12. The number of carbonyl (C=O) groups is 1. The summed E-state index contributed by atoms with van der Waals surface area (Å²) >= 11 is 0. The molecule has 2 aromatic heterocycles. The number of amides is 1. The largest absolute Gasteiger partial charge is 0.478 e. The molecule has 0 bridgehead atoms. The van der Waals surface area contributed by atoms with Crippen molar-refractivity contribution in [2.24, 2.45) is 0 Å². The molecule has 0 spiro atoms. The van der Waals surface area contributed by atoms with Gasteiger partial charge in [0.05, 0.1) is 12.0 Å². The predicted molar refractivity (Wildman–Crippen MR) is 89.1 cm³/mol. The average molecular weight is 324 g/mol. The molecule has 0 atom stereocenters. The van der Waals surface area contributed by atoms with E-state index in [0.29, 0.717) is 23.5 Å². The van der Waals surface area contributed by atoms with Crippen molar-refractivity contribution >= 4 is 16.9 Å².